The Morgan fingerprint density at radius 2 is 1.92 bits per heavy atom. The Hall–Kier alpha value is -2.30. The maximum Gasteiger partial charge on any atom is 0.246 e. The molecule has 1 aliphatic rings. The van der Waals surface area contributed by atoms with Gasteiger partial charge in [-0.25, -0.2) is 0 Å². The quantitative estimate of drug-likeness (QED) is 0.796. The molecule has 2 amide bonds. The van der Waals surface area contributed by atoms with Gasteiger partial charge in [0.05, 0.1) is 7.11 Å². The third-order valence-electron chi connectivity index (χ3n) is 4.39. The van der Waals surface area contributed by atoms with E-state index in [-0.39, 0.29) is 17.7 Å². The number of piperidine rings is 1. The fraction of sp³-hybridized carbons (Fsp3) is 0.474. The summed E-state index contributed by atoms with van der Waals surface area (Å²) in [5, 5.41) is 0. The average molecular weight is 330 g/mol. The number of benzene rings is 1. The molecule has 1 aliphatic heterocycles. The van der Waals surface area contributed by atoms with Crippen molar-refractivity contribution in [3.05, 3.63) is 35.4 Å². The summed E-state index contributed by atoms with van der Waals surface area (Å²) in [6, 6.07) is 5.87. The highest BCUT2D eigenvalue weighted by molar-refractivity contribution is 5.92. The standard InChI is InChI=1S/C19H26N2O3/c1-14-5-7-17(24-4)16(13-14)6-8-18(22)21-11-9-15(10-12-21)19(23)20(2)3/h5-8,13,15H,9-12H2,1-4H3/b8-6+. The first-order valence-corrected chi connectivity index (χ1v) is 8.25. The van der Waals surface area contributed by atoms with Crippen LogP contribution in [0.1, 0.15) is 24.0 Å². The summed E-state index contributed by atoms with van der Waals surface area (Å²) in [6.07, 6.45) is 4.84. The molecule has 24 heavy (non-hydrogen) atoms. The van der Waals surface area contributed by atoms with Crippen LogP contribution in [0.2, 0.25) is 0 Å². The number of carbonyl (C=O) groups is 2. The lowest BCUT2D eigenvalue weighted by Gasteiger charge is -2.31. The molecule has 1 aromatic carbocycles. The Morgan fingerprint density at radius 1 is 1.25 bits per heavy atom. The molecule has 1 saturated heterocycles. The topological polar surface area (TPSA) is 49.9 Å². The van der Waals surface area contributed by atoms with Gasteiger partial charge in [0.15, 0.2) is 0 Å². The van der Waals surface area contributed by atoms with Gasteiger partial charge in [-0.3, -0.25) is 9.59 Å². The van der Waals surface area contributed by atoms with Gasteiger partial charge in [0, 0.05) is 44.7 Å². The summed E-state index contributed by atoms with van der Waals surface area (Å²) < 4.78 is 5.32. The molecule has 1 heterocycles. The minimum absolute atomic E-state index is 0.0192. The molecule has 0 atom stereocenters. The number of hydrogen-bond acceptors (Lipinski definition) is 3. The smallest absolute Gasteiger partial charge is 0.246 e. The van der Waals surface area contributed by atoms with Crippen molar-refractivity contribution in [2.45, 2.75) is 19.8 Å². The molecule has 0 spiro atoms. The molecule has 1 aromatic rings. The van der Waals surface area contributed by atoms with Gasteiger partial charge in [-0.05, 0) is 38.0 Å². The van der Waals surface area contributed by atoms with Crippen molar-refractivity contribution in [2.75, 3.05) is 34.3 Å². The van der Waals surface area contributed by atoms with E-state index in [1.807, 2.05) is 25.1 Å². The summed E-state index contributed by atoms with van der Waals surface area (Å²) in [7, 11) is 5.17. The third kappa shape index (κ3) is 4.37. The monoisotopic (exact) mass is 330 g/mol. The van der Waals surface area contributed by atoms with Gasteiger partial charge >= 0.3 is 0 Å². The van der Waals surface area contributed by atoms with Crippen LogP contribution in [0, 0.1) is 12.8 Å². The van der Waals surface area contributed by atoms with E-state index in [4.69, 9.17) is 4.74 Å². The van der Waals surface area contributed by atoms with Crippen molar-refractivity contribution >= 4 is 17.9 Å². The maximum absolute atomic E-state index is 12.4. The van der Waals surface area contributed by atoms with Crippen LogP contribution in [0.4, 0.5) is 0 Å². The van der Waals surface area contributed by atoms with Crippen molar-refractivity contribution in [3.8, 4) is 5.75 Å². The first-order chi connectivity index (χ1) is 11.4. The van der Waals surface area contributed by atoms with Crippen LogP contribution in [0.25, 0.3) is 6.08 Å². The molecule has 0 aliphatic carbocycles. The van der Waals surface area contributed by atoms with Gasteiger partial charge < -0.3 is 14.5 Å². The zero-order valence-corrected chi connectivity index (χ0v) is 14.9. The van der Waals surface area contributed by atoms with Crippen molar-refractivity contribution in [1.29, 1.82) is 0 Å². The van der Waals surface area contributed by atoms with E-state index in [9.17, 15) is 9.59 Å². The van der Waals surface area contributed by atoms with E-state index in [2.05, 4.69) is 0 Å². The molecule has 2 rings (SSSR count). The van der Waals surface area contributed by atoms with Crippen LogP contribution in [-0.2, 0) is 9.59 Å². The van der Waals surface area contributed by atoms with E-state index in [1.165, 1.54) is 0 Å². The van der Waals surface area contributed by atoms with Crippen LogP contribution in [-0.4, -0.2) is 55.9 Å². The Labute approximate surface area is 143 Å². The number of methoxy groups -OCH3 is 1. The lowest BCUT2D eigenvalue weighted by molar-refractivity contribution is -0.137. The molecular weight excluding hydrogens is 304 g/mol. The van der Waals surface area contributed by atoms with E-state index in [0.717, 1.165) is 29.7 Å². The SMILES string of the molecule is COc1ccc(C)cc1/C=C/C(=O)N1CCC(C(=O)N(C)C)CC1. The van der Waals surface area contributed by atoms with Crippen molar-refractivity contribution < 1.29 is 14.3 Å². The molecule has 0 N–H and O–H groups in total. The van der Waals surface area contributed by atoms with Crippen molar-refractivity contribution in [2.24, 2.45) is 5.92 Å². The minimum atomic E-state index is -0.0192. The second-order valence-electron chi connectivity index (χ2n) is 6.41. The predicted octanol–water partition coefficient (Wildman–Crippen LogP) is 2.34. The highest BCUT2D eigenvalue weighted by atomic mass is 16.5. The fourth-order valence-electron chi connectivity index (χ4n) is 2.96. The second-order valence-corrected chi connectivity index (χ2v) is 6.41. The van der Waals surface area contributed by atoms with Crippen LogP contribution >= 0.6 is 0 Å². The number of hydrogen-bond donors (Lipinski definition) is 0. The molecule has 0 radical (unpaired) electrons. The average Bonchev–Trinajstić information content (AvgIpc) is 2.59. The molecule has 0 unspecified atom stereocenters. The van der Waals surface area contributed by atoms with Crippen molar-refractivity contribution in [3.63, 3.8) is 0 Å². The number of rotatable bonds is 4. The normalized spacial score (nSPS) is 15.6. The first-order valence-electron chi connectivity index (χ1n) is 8.25. The Morgan fingerprint density at radius 3 is 2.50 bits per heavy atom. The lowest BCUT2D eigenvalue weighted by atomic mass is 9.95. The molecule has 0 aromatic heterocycles. The zero-order chi connectivity index (χ0) is 17.7. The highest BCUT2D eigenvalue weighted by Gasteiger charge is 2.27. The number of ether oxygens (including phenoxy) is 1. The maximum atomic E-state index is 12.4. The highest BCUT2D eigenvalue weighted by Crippen LogP contribution is 2.22. The van der Waals surface area contributed by atoms with Gasteiger partial charge in [-0.1, -0.05) is 11.6 Å². The molecule has 5 nitrogen and oxygen atoms in total. The van der Waals surface area contributed by atoms with Crippen LogP contribution in [0.3, 0.4) is 0 Å². The molecular formula is C19H26N2O3. The zero-order valence-electron chi connectivity index (χ0n) is 14.9. The summed E-state index contributed by atoms with van der Waals surface area (Å²) >= 11 is 0. The number of amides is 2. The van der Waals surface area contributed by atoms with Crippen LogP contribution < -0.4 is 4.74 Å². The fourth-order valence-corrected chi connectivity index (χ4v) is 2.96. The van der Waals surface area contributed by atoms with Crippen molar-refractivity contribution in [1.82, 2.24) is 9.80 Å². The first kappa shape index (κ1) is 18.0. The van der Waals surface area contributed by atoms with Gasteiger partial charge in [0.25, 0.3) is 0 Å². The molecule has 1 fully saturated rings. The van der Waals surface area contributed by atoms with E-state index in [1.54, 1.807) is 43.2 Å². The van der Waals surface area contributed by atoms with Crippen LogP contribution in [0.5, 0.6) is 5.75 Å². The predicted molar refractivity (Wildman–Crippen MR) is 94.8 cm³/mol. The van der Waals surface area contributed by atoms with Crippen LogP contribution in [0.15, 0.2) is 24.3 Å². The van der Waals surface area contributed by atoms with Gasteiger partial charge in [-0.15, -0.1) is 0 Å². The Kier molecular flexibility index (Phi) is 6.01. The number of aryl methyl sites for hydroxylation is 1. The largest absolute Gasteiger partial charge is 0.496 e. The summed E-state index contributed by atoms with van der Waals surface area (Å²) in [5.41, 5.74) is 2.01. The summed E-state index contributed by atoms with van der Waals surface area (Å²) in [5.74, 6) is 0.918. The number of likely N-dealkylation sites (tertiary alicyclic amines) is 1. The summed E-state index contributed by atoms with van der Waals surface area (Å²) in [4.78, 5) is 27.8. The van der Waals surface area contributed by atoms with Gasteiger partial charge in [0.1, 0.15) is 5.75 Å². The lowest BCUT2D eigenvalue weighted by Crippen LogP contribution is -2.42. The van der Waals surface area contributed by atoms with Gasteiger partial charge in [0.2, 0.25) is 11.8 Å². The molecule has 130 valence electrons. The second kappa shape index (κ2) is 7.99. The van der Waals surface area contributed by atoms with E-state index in [0.29, 0.717) is 13.1 Å². The van der Waals surface area contributed by atoms with Gasteiger partial charge in [-0.2, -0.15) is 0 Å². The van der Waals surface area contributed by atoms with E-state index >= 15 is 0 Å². The molecule has 5 heteroatoms. The molecule has 0 bridgehead atoms. The Bertz CT molecular complexity index is 629. The molecule has 0 saturated carbocycles. The van der Waals surface area contributed by atoms with E-state index < -0.39 is 0 Å². The number of carbonyl (C=O) groups excluding carboxylic acids is 2. The third-order valence-corrected chi connectivity index (χ3v) is 4.39. The summed E-state index contributed by atoms with van der Waals surface area (Å²) in [6.45, 7) is 3.25. The number of nitrogens with zero attached hydrogens (tertiary/aromatic N) is 2. The minimum Gasteiger partial charge on any atom is -0.496 e. The Balaban J connectivity index is 1.97.